The van der Waals surface area contributed by atoms with E-state index in [4.69, 9.17) is 4.74 Å². The Balaban J connectivity index is 1.64. The van der Waals surface area contributed by atoms with Crippen molar-refractivity contribution in [1.29, 1.82) is 0 Å². The van der Waals surface area contributed by atoms with E-state index < -0.39 is 5.60 Å². The molecule has 0 spiro atoms. The summed E-state index contributed by atoms with van der Waals surface area (Å²) in [6, 6.07) is 2.28. The van der Waals surface area contributed by atoms with Crippen molar-refractivity contribution < 1.29 is 9.53 Å². The number of aromatic nitrogens is 1. The number of nitrogens with zero attached hydrogens (tertiary/aromatic N) is 3. The second kappa shape index (κ2) is 6.02. The van der Waals surface area contributed by atoms with Gasteiger partial charge in [-0.05, 0) is 57.6 Å². The highest BCUT2D eigenvalue weighted by Crippen LogP contribution is 2.44. The van der Waals surface area contributed by atoms with Crippen molar-refractivity contribution in [3.8, 4) is 0 Å². The van der Waals surface area contributed by atoms with Gasteiger partial charge in [-0.1, -0.05) is 6.07 Å². The Bertz CT molecular complexity index is 582. The van der Waals surface area contributed by atoms with Crippen LogP contribution in [0.2, 0.25) is 0 Å². The Morgan fingerprint density at radius 3 is 2.43 bits per heavy atom. The molecule has 1 aliphatic heterocycles. The number of rotatable bonds is 2. The van der Waals surface area contributed by atoms with Crippen LogP contribution < -0.4 is 4.90 Å². The van der Waals surface area contributed by atoms with Gasteiger partial charge in [-0.2, -0.15) is 0 Å². The molecule has 3 rings (SSSR count). The molecule has 5 nitrogen and oxygen atoms in total. The third-order valence-electron chi connectivity index (χ3n) is 4.28. The summed E-state index contributed by atoms with van der Waals surface area (Å²) in [5.74, 6) is 1.79. The summed E-state index contributed by atoms with van der Waals surface area (Å²) in [6.07, 6.45) is 4.28. The van der Waals surface area contributed by atoms with E-state index in [2.05, 4.69) is 22.9 Å². The molecule has 1 aromatic rings. The van der Waals surface area contributed by atoms with E-state index >= 15 is 0 Å². The Hall–Kier alpha value is -1.78. The quantitative estimate of drug-likeness (QED) is 0.839. The number of hydrogen-bond donors (Lipinski definition) is 0. The lowest BCUT2D eigenvalue weighted by atomic mass is 10.1. The second-order valence-electron chi connectivity index (χ2n) is 7.65. The molecule has 0 radical (unpaired) electrons. The maximum Gasteiger partial charge on any atom is 0.410 e. The molecule has 1 aliphatic carbocycles. The van der Waals surface area contributed by atoms with Crippen LogP contribution in [0, 0.1) is 6.92 Å². The standard InChI is InChI=1S/C18H27N3O2/c1-13-11-15(14-5-6-14)16(19-12-13)20-7-9-21(10-8-20)17(22)23-18(2,3)4/h11-12,14H,5-10H2,1-4H3. The smallest absolute Gasteiger partial charge is 0.410 e. The predicted molar refractivity (Wildman–Crippen MR) is 91.0 cm³/mol. The minimum atomic E-state index is -0.439. The van der Waals surface area contributed by atoms with Gasteiger partial charge in [-0.25, -0.2) is 9.78 Å². The zero-order chi connectivity index (χ0) is 16.6. The summed E-state index contributed by atoms with van der Waals surface area (Å²) >= 11 is 0. The molecule has 1 saturated carbocycles. The van der Waals surface area contributed by atoms with Crippen LogP contribution in [0.3, 0.4) is 0 Å². The number of hydrogen-bond acceptors (Lipinski definition) is 4. The van der Waals surface area contributed by atoms with Crippen LogP contribution in [0.15, 0.2) is 12.3 Å². The number of carbonyl (C=O) groups is 1. The first-order chi connectivity index (χ1) is 10.8. The van der Waals surface area contributed by atoms with Crippen LogP contribution in [0.5, 0.6) is 0 Å². The van der Waals surface area contributed by atoms with Crippen molar-refractivity contribution in [2.24, 2.45) is 0 Å². The van der Waals surface area contributed by atoms with Crippen LogP contribution in [0.25, 0.3) is 0 Å². The average Bonchev–Trinajstić information content (AvgIpc) is 3.30. The fraction of sp³-hybridized carbons (Fsp3) is 0.667. The number of carbonyl (C=O) groups excluding carboxylic acids is 1. The number of pyridine rings is 1. The molecule has 5 heteroatoms. The largest absolute Gasteiger partial charge is 0.444 e. The number of ether oxygens (including phenoxy) is 1. The monoisotopic (exact) mass is 317 g/mol. The van der Waals surface area contributed by atoms with Crippen molar-refractivity contribution in [3.05, 3.63) is 23.4 Å². The minimum Gasteiger partial charge on any atom is -0.444 e. The van der Waals surface area contributed by atoms with Gasteiger partial charge in [0.15, 0.2) is 0 Å². The van der Waals surface area contributed by atoms with Crippen molar-refractivity contribution in [1.82, 2.24) is 9.88 Å². The molecule has 2 fully saturated rings. The van der Waals surface area contributed by atoms with Crippen molar-refractivity contribution in [3.63, 3.8) is 0 Å². The van der Waals surface area contributed by atoms with Gasteiger partial charge in [0, 0.05) is 32.4 Å². The lowest BCUT2D eigenvalue weighted by molar-refractivity contribution is 0.0240. The first-order valence-electron chi connectivity index (χ1n) is 8.53. The Labute approximate surface area is 138 Å². The number of amides is 1. The fourth-order valence-electron chi connectivity index (χ4n) is 2.97. The molecule has 2 aliphatic rings. The van der Waals surface area contributed by atoms with Gasteiger partial charge in [-0.3, -0.25) is 0 Å². The van der Waals surface area contributed by atoms with E-state index in [0.29, 0.717) is 19.0 Å². The predicted octanol–water partition coefficient (Wildman–Crippen LogP) is 3.32. The molecule has 0 unspecified atom stereocenters. The Morgan fingerprint density at radius 1 is 1.22 bits per heavy atom. The maximum atomic E-state index is 12.2. The third kappa shape index (κ3) is 3.95. The molecule has 23 heavy (non-hydrogen) atoms. The van der Waals surface area contributed by atoms with Gasteiger partial charge >= 0.3 is 6.09 Å². The topological polar surface area (TPSA) is 45.7 Å². The van der Waals surface area contributed by atoms with Crippen LogP contribution in [-0.4, -0.2) is 47.8 Å². The number of piperazine rings is 1. The van der Waals surface area contributed by atoms with Crippen molar-refractivity contribution in [2.45, 2.75) is 52.1 Å². The zero-order valence-corrected chi connectivity index (χ0v) is 14.6. The van der Waals surface area contributed by atoms with E-state index in [0.717, 1.165) is 18.9 Å². The van der Waals surface area contributed by atoms with Crippen LogP contribution in [-0.2, 0) is 4.74 Å². The lowest BCUT2D eigenvalue weighted by Gasteiger charge is -2.37. The molecule has 1 saturated heterocycles. The lowest BCUT2D eigenvalue weighted by Crippen LogP contribution is -2.50. The zero-order valence-electron chi connectivity index (χ0n) is 14.6. The third-order valence-corrected chi connectivity index (χ3v) is 4.28. The summed E-state index contributed by atoms with van der Waals surface area (Å²) in [6.45, 7) is 10.8. The summed E-state index contributed by atoms with van der Waals surface area (Å²) < 4.78 is 5.46. The Morgan fingerprint density at radius 2 is 1.87 bits per heavy atom. The van der Waals surface area contributed by atoms with Crippen LogP contribution in [0.4, 0.5) is 10.6 Å². The van der Waals surface area contributed by atoms with Crippen LogP contribution >= 0.6 is 0 Å². The highest BCUT2D eigenvalue weighted by atomic mass is 16.6. The molecule has 0 aromatic carbocycles. The normalized spacial score (nSPS) is 19.0. The second-order valence-corrected chi connectivity index (χ2v) is 7.65. The molecule has 1 amide bonds. The average molecular weight is 317 g/mol. The molecule has 0 atom stereocenters. The summed E-state index contributed by atoms with van der Waals surface area (Å²) in [4.78, 5) is 21.0. The summed E-state index contributed by atoms with van der Waals surface area (Å²) in [5.41, 5.74) is 2.17. The minimum absolute atomic E-state index is 0.212. The van der Waals surface area contributed by atoms with Gasteiger partial charge < -0.3 is 14.5 Å². The number of aryl methyl sites for hydroxylation is 1. The van der Waals surface area contributed by atoms with Gasteiger partial charge in [0.1, 0.15) is 11.4 Å². The summed E-state index contributed by atoms with van der Waals surface area (Å²) in [5, 5.41) is 0. The summed E-state index contributed by atoms with van der Waals surface area (Å²) in [7, 11) is 0. The first kappa shape index (κ1) is 16.1. The van der Waals surface area contributed by atoms with Gasteiger partial charge in [-0.15, -0.1) is 0 Å². The van der Waals surface area contributed by atoms with E-state index in [1.165, 1.54) is 24.0 Å². The van der Waals surface area contributed by atoms with E-state index in [-0.39, 0.29) is 6.09 Å². The van der Waals surface area contributed by atoms with Gasteiger partial charge in [0.2, 0.25) is 0 Å². The molecular weight excluding hydrogens is 290 g/mol. The van der Waals surface area contributed by atoms with Gasteiger partial charge in [0.05, 0.1) is 0 Å². The Kier molecular flexibility index (Phi) is 4.21. The van der Waals surface area contributed by atoms with Crippen molar-refractivity contribution in [2.75, 3.05) is 31.1 Å². The highest BCUT2D eigenvalue weighted by molar-refractivity contribution is 5.68. The molecule has 126 valence electrons. The molecule has 2 heterocycles. The SMILES string of the molecule is Cc1cnc(N2CCN(C(=O)OC(C)(C)C)CC2)c(C2CC2)c1. The van der Waals surface area contributed by atoms with Crippen molar-refractivity contribution >= 4 is 11.9 Å². The molecule has 1 aromatic heterocycles. The van der Waals surface area contributed by atoms with Crippen LogP contribution in [0.1, 0.15) is 50.7 Å². The first-order valence-corrected chi connectivity index (χ1v) is 8.53. The molecular formula is C18H27N3O2. The van der Waals surface area contributed by atoms with E-state index in [9.17, 15) is 4.79 Å². The maximum absolute atomic E-state index is 12.2. The molecule has 0 N–H and O–H groups in total. The van der Waals surface area contributed by atoms with E-state index in [1.54, 1.807) is 4.90 Å². The molecule has 0 bridgehead atoms. The van der Waals surface area contributed by atoms with Gasteiger partial charge in [0.25, 0.3) is 0 Å². The van der Waals surface area contributed by atoms with E-state index in [1.807, 2.05) is 27.0 Å². The fourth-order valence-corrected chi connectivity index (χ4v) is 2.97. The highest BCUT2D eigenvalue weighted by Gasteiger charge is 2.31. The number of anilines is 1.